The van der Waals surface area contributed by atoms with Crippen LogP contribution in [0.1, 0.15) is 22.5 Å². The number of halogens is 5. The maximum Gasteiger partial charge on any atom is 0.416 e. The molecule has 12 heteroatoms. The van der Waals surface area contributed by atoms with E-state index in [4.69, 9.17) is 20.8 Å². The number of alkyl halides is 3. The van der Waals surface area contributed by atoms with Crippen molar-refractivity contribution in [2.24, 2.45) is 0 Å². The molecule has 2 amide bonds. The van der Waals surface area contributed by atoms with Crippen molar-refractivity contribution in [2.75, 3.05) is 6.61 Å². The highest BCUT2D eigenvalue weighted by molar-refractivity contribution is 6.30. The molecule has 182 valence electrons. The molecule has 0 saturated carbocycles. The molecule has 1 unspecified atom stereocenters. The Hall–Kier alpha value is -3.86. The average Bonchev–Trinajstić information content (AvgIpc) is 2.77. The summed E-state index contributed by atoms with van der Waals surface area (Å²) in [5.74, 6) is -2.34. The van der Waals surface area contributed by atoms with E-state index in [0.717, 1.165) is 24.3 Å². The van der Waals surface area contributed by atoms with Crippen LogP contribution in [-0.2, 0) is 11.0 Å². The lowest BCUT2D eigenvalue weighted by Crippen LogP contribution is -2.43. The first-order chi connectivity index (χ1) is 16.5. The van der Waals surface area contributed by atoms with Crippen molar-refractivity contribution in [1.29, 1.82) is 0 Å². The molecule has 3 aromatic rings. The Labute approximate surface area is 199 Å². The summed E-state index contributed by atoms with van der Waals surface area (Å²) in [5.41, 5.74) is -1.56. The summed E-state index contributed by atoms with van der Waals surface area (Å²) in [6, 6.07) is 6.53. The first-order valence-corrected chi connectivity index (χ1v) is 10.4. The molecule has 7 nitrogen and oxygen atoms in total. The number of nitrogens with one attached hydrogen (secondary N) is 2. The van der Waals surface area contributed by atoms with Gasteiger partial charge in [-0.2, -0.15) is 13.2 Å². The lowest BCUT2D eigenvalue weighted by atomic mass is 9.99. The predicted molar refractivity (Wildman–Crippen MR) is 116 cm³/mol. The highest BCUT2D eigenvalue weighted by Crippen LogP contribution is 2.31. The summed E-state index contributed by atoms with van der Waals surface area (Å²) < 4.78 is 62.6. The first-order valence-electron chi connectivity index (χ1n) is 10.0. The molecule has 2 N–H and O–H groups in total. The van der Waals surface area contributed by atoms with Crippen LogP contribution in [-0.4, -0.2) is 24.5 Å². The molecule has 0 saturated heterocycles. The summed E-state index contributed by atoms with van der Waals surface area (Å²) in [4.78, 5) is 36.6. The smallest absolute Gasteiger partial charge is 0.416 e. The van der Waals surface area contributed by atoms with Crippen molar-refractivity contribution in [3.05, 3.63) is 86.6 Å². The number of amides is 2. The largest absolute Gasteiger partial charge is 0.484 e. The van der Waals surface area contributed by atoms with Gasteiger partial charge in [-0.1, -0.05) is 11.6 Å². The number of benzene rings is 2. The van der Waals surface area contributed by atoms with Gasteiger partial charge in [0.1, 0.15) is 17.1 Å². The number of fused-ring (bicyclic) bond motifs is 1. The maximum atomic E-state index is 13.4. The van der Waals surface area contributed by atoms with Gasteiger partial charge in [-0.15, -0.1) is 0 Å². The summed E-state index contributed by atoms with van der Waals surface area (Å²) in [5, 5.41) is 4.92. The number of carbonyl (C=O) groups excluding carboxylic acids is 2. The molecule has 1 aliphatic rings. The fourth-order valence-electron chi connectivity index (χ4n) is 3.25. The molecule has 0 radical (unpaired) electrons. The van der Waals surface area contributed by atoms with Gasteiger partial charge >= 0.3 is 6.18 Å². The van der Waals surface area contributed by atoms with E-state index in [1.54, 1.807) is 0 Å². The summed E-state index contributed by atoms with van der Waals surface area (Å²) >= 11 is 5.57. The van der Waals surface area contributed by atoms with Gasteiger partial charge in [-0.3, -0.25) is 14.4 Å². The Balaban J connectivity index is 1.34. The molecule has 0 fully saturated rings. The molecule has 1 aromatic heterocycles. The van der Waals surface area contributed by atoms with Crippen LogP contribution in [0.15, 0.2) is 63.4 Å². The highest BCUT2D eigenvalue weighted by atomic mass is 35.5. The standard InChI is InChI=1S/C23H15ClF4N2O5/c24-16-4-2-14(8-17(16)25)34-10-21(32)29-12-6-13(7-12)30-22(33)20-9-18(31)15-3-1-11(23(26,27)28)5-19(15)35-20/h1-6,8-9,13H,7,10H2,(H,29,32)(H,30,33). The zero-order valence-corrected chi connectivity index (χ0v) is 18.3. The van der Waals surface area contributed by atoms with E-state index >= 15 is 0 Å². The van der Waals surface area contributed by atoms with Gasteiger partial charge in [-0.05, 0) is 36.4 Å². The van der Waals surface area contributed by atoms with Crippen LogP contribution in [0.25, 0.3) is 11.0 Å². The average molecular weight is 511 g/mol. The van der Waals surface area contributed by atoms with Gasteiger partial charge in [0.05, 0.1) is 22.0 Å². The first kappa shape index (κ1) is 24.3. The Kier molecular flexibility index (Phi) is 6.53. The molecule has 0 aliphatic heterocycles. The normalized spacial score (nSPS) is 15.2. The van der Waals surface area contributed by atoms with Gasteiger partial charge in [-0.25, -0.2) is 4.39 Å². The minimum absolute atomic E-state index is 0.0801. The Morgan fingerprint density at radius 2 is 1.89 bits per heavy atom. The third-order valence-electron chi connectivity index (χ3n) is 5.00. The third-order valence-corrected chi connectivity index (χ3v) is 5.31. The lowest BCUT2D eigenvalue weighted by molar-refractivity contribution is -0.137. The molecule has 35 heavy (non-hydrogen) atoms. The zero-order valence-electron chi connectivity index (χ0n) is 17.5. The van der Waals surface area contributed by atoms with Crippen LogP contribution in [0.5, 0.6) is 5.75 Å². The quantitative estimate of drug-likeness (QED) is 0.485. The predicted octanol–water partition coefficient (Wildman–Crippen LogP) is 4.19. The van der Waals surface area contributed by atoms with Crippen molar-refractivity contribution in [3.8, 4) is 5.75 Å². The van der Waals surface area contributed by atoms with E-state index in [2.05, 4.69) is 10.6 Å². The molecule has 1 heterocycles. The topological polar surface area (TPSA) is 97.6 Å². The van der Waals surface area contributed by atoms with Crippen LogP contribution >= 0.6 is 11.6 Å². The second kappa shape index (κ2) is 9.41. The minimum Gasteiger partial charge on any atom is -0.484 e. The van der Waals surface area contributed by atoms with Crippen LogP contribution in [0.3, 0.4) is 0 Å². The Morgan fingerprint density at radius 1 is 1.14 bits per heavy atom. The van der Waals surface area contributed by atoms with Crippen LogP contribution < -0.4 is 20.8 Å². The van der Waals surface area contributed by atoms with Crippen molar-refractivity contribution >= 4 is 34.4 Å². The van der Waals surface area contributed by atoms with Gasteiger partial charge in [0.15, 0.2) is 17.8 Å². The van der Waals surface area contributed by atoms with Crippen LogP contribution in [0, 0.1) is 5.82 Å². The Bertz CT molecular complexity index is 1420. The van der Waals surface area contributed by atoms with Gasteiger partial charge < -0.3 is 19.8 Å². The van der Waals surface area contributed by atoms with E-state index < -0.39 is 53.2 Å². The number of hydrogen-bond donors (Lipinski definition) is 2. The Morgan fingerprint density at radius 3 is 2.57 bits per heavy atom. The van der Waals surface area contributed by atoms with Crippen molar-refractivity contribution < 1.29 is 36.3 Å². The number of ether oxygens (including phenoxy) is 1. The molecule has 1 atom stereocenters. The highest BCUT2D eigenvalue weighted by Gasteiger charge is 2.31. The van der Waals surface area contributed by atoms with Crippen molar-refractivity contribution in [1.82, 2.24) is 10.6 Å². The third kappa shape index (κ3) is 5.62. The fraction of sp³-hybridized carbons (Fsp3) is 0.174. The minimum atomic E-state index is -4.64. The zero-order chi connectivity index (χ0) is 25.3. The van der Waals surface area contributed by atoms with E-state index in [1.165, 1.54) is 18.2 Å². The second-order valence-electron chi connectivity index (χ2n) is 7.57. The molecular weight excluding hydrogens is 496 g/mol. The number of hydrogen-bond acceptors (Lipinski definition) is 5. The summed E-state index contributed by atoms with van der Waals surface area (Å²) in [6.45, 7) is -0.391. The maximum absolute atomic E-state index is 13.4. The molecule has 4 rings (SSSR count). The van der Waals surface area contributed by atoms with Gasteiger partial charge in [0, 0.05) is 24.3 Å². The summed E-state index contributed by atoms with van der Waals surface area (Å²) in [7, 11) is 0. The second-order valence-corrected chi connectivity index (χ2v) is 7.98. The molecule has 0 bridgehead atoms. The van der Waals surface area contributed by atoms with Gasteiger partial charge in [0.25, 0.3) is 11.8 Å². The van der Waals surface area contributed by atoms with Crippen molar-refractivity contribution in [2.45, 2.75) is 18.6 Å². The van der Waals surface area contributed by atoms with Crippen molar-refractivity contribution in [3.63, 3.8) is 0 Å². The molecule has 2 aromatic carbocycles. The van der Waals surface area contributed by atoms with Crippen LogP contribution in [0.4, 0.5) is 17.6 Å². The van der Waals surface area contributed by atoms with Crippen LogP contribution in [0.2, 0.25) is 5.02 Å². The molecule has 0 spiro atoms. The molecular formula is C23H15ClF4N2O5. The summed E-state index contributed by atoms with van der Waals surface area (Å²) in [6.07, 6.45) is -2.87. The van der Waals surface area contributed by atoms with E-state index in [1.807, 2.05) is 0 Å². The van der Waals surface area contributed by atoms with E-state index in [-0.39, 0.29) is 28.2 Å². The van der Waals surface area contributed by atoms with E-state index in [9.17, 15) is 31.9 Å². The number of rotatable bonds is 6. The monoisotopic (exact) mass is 510 g/mol. The number of carbonyl (C=O) groups is 2. The SMILES string of the molecule is O=C(COc1ccc(Cl)c(F)c1)NC1=CC(NC(=O)c2cc(=O)c3ccc(C(F)(F)F)cc3o2)C1. The van der Waals surface area contributed by atoms with Gasteiger partial charge in [0.2, 0.25) is 0 Å². The molecule has 1 aliphatic carbocycles. The van der Waals surface area contributed by atoms with E-state index in [0.29, 0.717) is 11.8 Å². The lowest BCUT2D eigenvalue weighted by Gasteiger charge is -2.26. The fourth-order valence-corrected chi connectivity index (χ4v) is 3.36.